The Hall–Kier alpha value is -2.41. The summed E-state index contributed by atoms with van der Waals surface area (Å²) in [5.74, 6) is -1.47. The van der Waals surface area contributed by atoms with Gasteiger partial charge in [-0.1, -0.05) is 32.9 Å². The minimum atomic E-state index is -1.10. The summed E-state index contributed by atoms with van der Waals surface area (Å²) in [6.45, 7) is 5.84. The number of rotatable bonds is 7. The first-order chi connectivity index (χ1) is 11.7. The molecule has 0 aromatic heterocycles. The predicted octanol–water partition coefficient (Wildman–Crippen LogP) is 0.754. The van der Waals surface area contributed by atoms with Crippen LogP contribution >= 0.6 is 0 Å². The van der Waals surface area contributed by atoms with Crippen LogP contribution in [0.3, 0.4) is 0 Å². The Morgan fingerprint density at radius 2 is 1.76 bits per heavy atom. The Morgan fingerprint density at radius 1 is 1.16 bits per heavy atom. The fourth-order valence-corrected chi connectivity index (χ4v) is 2.10. The van der Waals surface area contributed by atoms with Crippen LogP contribution in [0.2, 0.25) is 0 Å². The minimum Gasteiger partial charge on any atom is -0.467 e. The maximum absolute atomic E-state index is 12.1. The molecule has 0 aliphatic heterocycles. The second-order valence-electron chi connectivity index (χ2n) is 6.66. The Balaban J connectivity index is 2.46. The molecule has 0 bridgehead atoms. The average molecular weight is 350 g/mol. The largest absolute Gasteiger partial charge is 0.467 e. The van der Waals surface area contributed by atoms with E-state index < -0.39 is 24.5 Å². The summed E-state index contributed by atoms with van der Waals surface area (Å²) in [6.07, 6.45) is -0.0146. The summed E-state index contributed by atoms with van der Waals surface area (Å²) in [5, 5.41) is 14.0. The van der Waals surface area contributed by atoms with Crippen LogP contribution in [0.5, 0.6) is 0 Å². The third-order valence-corrected chi connectivity index (χ3v) is 3.65. The Bertz CT molecular complexity index is 605. The molecule has 1 aromatic carbocycles. The first kappa shape index (κ1) is 20.6. The summed E-state index contributed by atoms with van der Waals surface area (Å²) < 4.78 is 4.45. The number of nitrogens with one attached hydrogen (secondary N) is 2. The van der Waals surface area contributed by atoms with Gasteiger partial charge < -0.3 is 20.5 Å². The highest BCUT2D eigenvalue weighted by Crippen LogP contribution is 2.22. The molecule has 7 nitrogen and oxygen atoms in total. The van der Waals surface area contributed by atoms with Gasteiger partial charge in [-0.25, -0.2) is 4.79 Å². The van der Waals surface area contributed by atoms with Gasteiger partial charge in [0.25, 0.3) is 5.91 Å². The summed E-state index contributed by atoms with van der Waals surface area (Å²) in [7, 11) is 1.17. The van der Waals surface area contributed by atoms with Crippen molar-refractivity contribution >= 4 is 17.8 Å². The van der Waals surface area contributed by atoms with E-state index >= 15 is 0 Å². The van der Waals surface area contributed by atoms with Crippen molar-refractivity contribution in [2.24, 2.45) is 0 Å². The number of hydrogen-bond donors (Lipinski definition) is 3. The second kappa shape index (κ2) is 9.17. The van der Waals surface area contributed by atoms with Gasteiger partial charge in [0.05, 0.1) is 13.7 Å². The maximum atomic E-state index is 12.1. The normalized spacial score (nSPS) is 12.2. The van der Waals surface area contributed by atoms with Gasteiger partial charge in [0.15, 0.2) is 6.04 Å². The van der Waals surface area contributed by atoms with Gasteiger partial charge >= 0.3 is 5.97 Å². The standard InChI is InChI=1S/C18H26N2O5/c1-18(2,3)13-7-5-12(6-8-13)16(23)19-10-9-15(22)20-14(11-21)17(24)25-4/h5-8,14,21H,9-11H2,1-4H3,(H,19,23)(H,20,22)/t14-/m0/s1. The number of carbonyl (C=O) groups is 3. The SMILES string of the molecule is COC(=O)[C@H](CO)NC(=O)CCNC(=O)c1ccc(C(C)(C)C)cc1. The average Bonchev–Trinajstić information content (AvgIpc) is 2.58. The van der Waals surface area contributed by atoms with E-state index in [-0.39, 0.29) is 24.3 Å². The smallest absolute Gasteiger partial charge is 0.330 e. The molecule has 1 aromatic rings. The van der Waals surface area contributed by atoms with Gasteiger partial charge in [0.1, 0.15) is 0 Å². The molecule has 3 N–H and O–H groups in total. The zero-order valence-corrected chi connectivity index (χ0v) is 15.1. The zero-order chi connectivity index (χ0) is 19.0. The van der Waals surface area contributed by atoms with E-state index in [0.29, 0.717) is 5.56 Å². The van der Waals surface area contributed by atoms with Crippen molar-refractivity contribution in [1.29, 1.82) is 0 Å². The predicted molar refractivity (Wildman–Crippen MR) is 93.1 cm³/mol. The number of aliphatic hydroxyl groups is 1. The van der Waals surface area contributed by atoms with Gasteiger partial charge in [-0.05, 0) is 23.1 Å². The van der Waals surface area contributed by atoms with Crippen LogP contribution in [0.4, 0.5) is 0 Å². The molecule has 1 rings (SSSR count). The van der Waals surface area contributed by atoms with E-state index in [1.165, 1.54) is 7.11 Å². The molecule has 0 aliphatic carbocycles. The molecule has 0 saturated carbocycles. The molecule has 0 aliphatic rings. The molecule has 0 heterocycles. The van der Waals surface area contributed by atoms with Crippen LogP contribution in [-0.4, -0.2) is 49.2 Å². The molecule has 0 saturated heterocycles. The maximum Gasteiger partial charge on any atom is 0.330 e. The summed E-state index contributed by atoms with van der Waals surface area (Å²) >= 11 is 0. The Morgan fingerprint density at radius 3 is 2.24 bits per heavy atom. The fourth-order valence-electron chi connectivity index (χ4n) is 2.10. The van der Waals surface area contributed by atoms with Crippen LogP contribution < -0.4 is 10.6 Å². The molecule has 0 unspecified atom stereocenters. The van der Waals surface area contributed by atoms with Gasteiger partial charge in [0.2, 0.25) is 5.91 Å². The van der Waals surface area contributed by atoms with Crippen LogP contribution in [-0.2, 0) is 19.7 Å². The third kappa shape index (κ3) is 6.54. The highest BCUT2D eigenvalue weighted by Gasteiger charge is 2.20. The van der Waals surface area contributed by atoms with E-state index in [4.69, 9.17) is 5.11 Å². The lowest BCUT2D eigenvalue weighted by molar-refractivity contribution is -0.146. The fraction of sp³-hybridized carbons (Fsp3) is 0.500. The number of ether oxygens (including phenoxy) is 1. The lowest BCUT2D eigenvalue weighted by Crippen LogP contribution is -2.44. The number of hydrogen-bond acceptors (Lipinski definition) is 5. The first-order valence-corrected chi connectivity index (χ1v) is 8.06. The molecule has 1 atom stereocenters. The molecular weight excluding hydrogens is 324 g/mol. The highest BCUT2D eigenvalue weighted by molar-refractivity contribution is 5.94. The van der Waals surface area contributed by atoms with E-state index in [2.05, 4.69) is 36.1 Å². The molecular formula is C18H26N2O5. The van der Waals surface area contributed by atoms with Crippen molar-refractivity contribution in [2.75, 3.05) is 20.3 Å². The highest BCUT2D eigenvalue weighted by atomic mass is 16.5. The number of benzene rings is 1. The van der Waals surface area contributed by atoms with Gasteiger partial charge in [0, 0.05) is 18.5 Å². The number of aliphatic hydroxyl groups excluding tert-OH is 1. The Labute approximate surface area is 147 Å². The van der Waals surface area contributed by atoms with Gasteiger partial charge in [-0.3, -0.25) is 9.59 Å². The quantitative estimate of drug-likeness (QED) is 0.630. The van der Waals surface area contributed by atoms with Crippen molar-refractivity contribution in [2.45, 2.75) is 38.6 Å². The monoisotopic (exact) mass is 350 g/mol. The van der Waals surface area contributed by atoms with Crippen molar-refractivity contribution in [3.05, 3.63) is 35.4 Å². The summed E-state index contributed by atoms with van der Waals surface area (Å²) in [4.78, 5) is 35.1. The molecule has 0 spiro atoms. The van der Waals surface area contributed by atoms with Gasteiger partial charge in [-0.15, -0.1) is 0 Å². The van der Waals surface area contributed by atoms with Crippen molar-refractivity contribution in [3.8, 4) is 0 Å². The van der Waals surface area contributed by atoms with Crippen LogP contribution in [0, 0.1) is 0 Å². The number of methoxy groups -OCH3 is 1. The molecule has 7 heteroatoms. The third-order valence-electron chi connectivity index (χ3n) is 3.65. The number of carbonyl (C=O) groups excluding carboxylic acids is 3. The first-order valence-electron chi connectivity index (χ1n) is 8.06. The van der Waals surface area contributed by atoms with E-state index in [0.717, 1.165) is 5.56 Å². The molecule has 0 radical (unpaired) electrons. The topological polar surface area (TPSA) is 105 Å². The molecule has 138 valence electrons. The van der Waals surface area contributed by atoms with E-state index in [9.17, 15) is 14.4 Å². The number of amides is 2. The minimum absolute atomic E-state index is 0.00990. The van der Waals surface area contributed by atoms with Gasteiger partial charge in [-0.2, -0.15) is 0 Å². The van der Waals surface area contributed by atoms with E-state index in [1.54, 1.807) is 12.1 Å². The van der Waals surface area contributed by atoms with Crippen molar-refractivity contribution in [3.63, 3.8) is 0 Å². The molecule has 25 heavy (non-hydrogen) atoms. The second-order valence-corrected chi connectivity index (χ2v) is 6.66. The molecule has 0 fully saturated rings. The lowest BCUT2D eigenvalue weighted by Gasteiger charge is -2.19. The van der Waals surface area contributed by atoms with E-state index in [1.807, 2.05) is 12.1 Å². The van der Waals surface area contributed by atoms with Crippen molar-refractivity contribution < 1.29 is 24.2 Å². The van der Waals surface area contributed by atoms with Crippen molar-refractivity contribution in [1.82, 2.24) is 10.6 Å². The summed E-state index contributed by atoms with van der Waals surface area (Å²) in [5.41, 5.74) is 1.65. The zero-order valence-electron chi connectivity index (χ0n) is 15.1. The Kier molecular flexibility index (Phi) is 7.57. The summed E-state index contributed by atoms with van der Waals surface area (Å²) in [6, 6.07) is 6.20. The van der Waals surface area contributed by atoms with Crippen LogP contribution in [0.1, 0.15) is 43.1 Å². The molecule has 2 amide bonds. The lowest BCUT2D eigenvalue weighted by atomic mass is 9.87. The number of esters is 1. The van der Waals surface area contributed by atoms with Crippen LogP contribution in [0.25, 0.3) is 0 Å². The van der Waals surface area contributed by atoms with Crippen LogP contribution in [0.15, 0.2) is 24.3 Å².